The minimum atomic E-state index is -4.28. The molecule has 0 N–H and O–H groups in total. The van der Waals surface area contributed by atoms with Gasteiger partial charge in [-0.05, 0) is 36.0 Å². The highest BCUT2D eigenvalue weighted by Crippen LogP contribution is 2.44. The van der Waals surface area contributed by atoms with Crippen molar-refractivity contribution in [1.82, 2.24) is 0 Å². The highest BCUT2D eigenvalue weighted by atomic mass is 19.4. The molecule has 0 radical (unpaired) electrons. The number of halogens is 3. The summed E-state index contributed by atoms with van der Waals surface area (Å²) in [6, 6.07) is 5.65. The molecule has 0 spiro atoms. The van der Waals surface area contributed by atoms with E-state index in [-0.39, 0.29) is 11.5 Å². The minimum Gasteiger partial charge on any atom is -0.166 e. The van der Waals surface area contributed by atoms with Crippen LogP contribution in [0.1, 0.15) is 24.0 Å². The van der Waals surface area contributed by atoms with Gasteiger partial charge in [-0.3, -0.25) is 0 Å². The first-order valence-corrected chi connectivity index (χ1v) is 4.85. The van der Waals surface area contributed by atoms with Crippen molar-refractivity contribution in [2.24, 2.45) is 5.92 Å². The van der Waals surface area contributed by atoms with Crippen LogP contribution in [0.5, 0.6) is 0 Å². The van der Waals surface area contributed by atoms with Gasteiger partial charge in [0.25, 0.3) is 0 Å². The van der Waals surface area contributed by atoms with Gasteiger partial charge in [-0.2, -0.15) is 13.2 Å². The van der Waals surface area contributed by atoms with E-state index in [0.717, 1.165) is 18.9 Å². The molecule has 0 amide bonds. The molecule has 0 atom stereocenters. The van der Waals surface area contributed by atoms with Gasteiger partial charge in [0.05, 0.1) is 5.56 Å². The summed E-state index contributed by atoms with van der Waals surface area (Å²) < 4.78 is 38.0. The molecule has 1 aromatic rings. The van der Waals surface area contributed by atoms with Crippen LogP contribution in [0.2, 0.25) is 0 Å². The SMILES string of the molecule is C=C(c1ccccc1C(F)(F)F)C1CC1. The van der Waals surface area contributed by atoms with Gasteiger partial charge < -0.3 is 0 Å². The molecule has 0 nitrogen and oxygen atoms in total. The number of hydrogen-bond donors (Lipinski definition) is 0. The molecule has 0 unspecified atom stereocenters. The smallest absolute Gasteiger partial charge is 0.166 e. The predicted octanol–water partition coefficient (Wildman–Crippen LogP) is 4.13. The van der Waals surface area contributed by atoms with Gasteiger partial charge in [0.15, 0.2) is 0 Å². The van der Waals surface area contributed by atoms with Gasteiger partial charge in [-0.25, -0.2) is 0 Å². The van der Waals surface area contributed by atoms with Crippen LogP contribution in [-0.2, 0) is 6.18 Å². The summed E-state index contributed by atoms with van der Waals surface area (Å²) >= 11 is 0. The molecule has 15 heavy (non-hydrogen) atoms. The monoisotopic (exact) mass is 212 g/mol. The van der Waals surface area contributed by atoms with Crippen molar-refractivity contribution in [2.45, 2.75) is 19.0 Å². The molecule has 2 rings (SSSR count). The highest BCUT2D eigenvalue weighted by Gasteiger charge is 2.36. The summed E-state index contributed by atoms with van der Waals surface area (Å²) in [5, 5.41) is 0. The van der Waals surface area contributed by atoms with E-state index in [2.05, 4.69) is 6.58 Å². The molecule has 0 aliphatic heterocycles. The summed E-state index contributed by atoms with van der Waals surface area (Å²) in [4.78, 5) is 0. The van der Waals surface area contributed by atoms with E-state index in [1.807, 2.05) is 0 Å². The molecular weight excluding hydrogens is 201 g/mol. The van der Waals surface area contributed by atoms with Crippen LogP contribution in [0.4, 0.5) is 13.2 Å². The zero-order valence-electron chi connectivity index (χ0n) is 8.14. The van der Waals surface area contributed by atoms with E-state index in [4.69, 9.17) is 0 Å². The Morgan fingerprint density at radius 3 is 2.33 bits per heavy atom. The van der Waals surface area contributed by atoms with Gasteiger partial charge in [-0.15, -0.1) is 0 Å². The summed E-state index contributed by atoms with van der Waals surface area (Å²) in [5.74, 6) is 0.258. The van der Waals surface area contributed by atoms with Crippen molar-refractivity contribution < 1.29 is 13.2 Å². The maximum atomic E-state index is 12.7. The van der Waals surface area contributed by atoms with Gasteiger partial charge in [0, 0.05) is 0 Å². The first-order chi connectivity index (χ1) is 7.00. The fourth-order valence-electron chi connectivity index (χ4n) is 1.66. The van der Waals surface area contributed by atoms with Crippen LogP contribution in [-0.4, -0.2) is 0 Å². The fourth-order valence-corrected chi connectivity index (χ4v) is 1.66. The van der Waals surface area contributed by atoms with E-state index < -0.39 is 11.7 Å². The standard InChI is InChI=1S/C12H11F3/c1-8(9-6-7-9)10-4-2-3-5-11(10)12(13,14)15/h2-5,9H,1,6-7H2. The van der Waals surface area contributed by atoms with Crippen molar-refractivity contribution in [3.05, 3.63) is 42.0 Å². The van der Waals surface area contributed by atoms with E-state index in [1.165, 1.54) is 12.1 Å². The lowest BCUT2D eigenvalue weighted by Gasteiger charge is -2.13. The van der Waals surface area contributed by atoms with Crippen LogP contribution >= 0.6 is 0 Å². The number of hydrogen-bond acceptors (Lipinski definition) is 0. The lowest BCUT2D eigenvalue weighted by molar-refractivity contribution is -0.137. The van der Waals surface area contributed by atoms with E-state index in [1.54, 1.807) is 6.07 Å². The quantitative estimate of drug-likeness (QED) is 0.691. The maximum Gasteiger partial charge on any atom is 0.416 e. The van der Waals surface area contributed by atoms with Gasteiger partial charge in [-0.1, -0.05) is 24.8 Å². The van der Waals surface area contributed by atoms with Gasteiger partial charge in [0.1, 0.15) is 0 Å². The zero-order chi connectivity index (χ0) is 11.1. The largest absolute Gasteiger partial charge is 0.416 e. The molecule has 0 saturated heterocycles. The molecular formula is C12H11F3. The van der Waals surface area contributed by atoms with Crippen molar-refractivity contribution >= 4 is 5.57 Å². The molecule has 1 aliphatic carbocycles. The second kappa shape index (κ2) is 3.40. The minimum absolute atomic E-state index is 0.257. The lowest BCUT2D eigenvalue weighted by Crippen LogP contribution is -2.08. The highest BCUT2D eigenvalue weighted by molar-refractivity contribution is 5.70. The third-order valence-electron chi connectivity index (χ3n) is 2.65. The number of allylic oxidation sites excluding steroid dienone is 1. The van der Waals surface area contributed by atoms with Crippen molar-refractivity contribution in [2.75, 3.05) is 0 Å². The summed E-state index contributed by atoms with van der Waals surface area (Å²) in [5.41, 5.74) is 0.317. The summed E-state index contributed by atoms with van der Waals surface area (Å²) in [7, 11) is 0. The second-order valence-corrected chi connectivity index (χ2v) is 3.84. The normalized spacial score (nSPS) is 16.5. The van der Waals surface area contributed by atoms with Crippen LogP contribution < -0.4 is 0 Å². The number of benzene rings is 1. The molecule has 3 heteroatoms. The molecule has 80 valence electrons. The molecule has 0 aromatic heterocycles. The van der Waals surface area contributed by atoms with Crippen LogP contribution in [0.25, 0.3) is 5.57 Å². The van der Waals surface area contributed by atoms with Gasteiger partial charge in [0.2, 0.25) is 0 Å². The third kappa shape index (κ3) is 2.06. The Morgan fingerprint density at radius 2 is 1.80 bits per heavy atom. The molecule has 1 aliphatic rings. The zero-order valence-corrected chi connectivity index (χ0v) is 8.14. The Balaban J connectivity index is 2.41. The van der Waals surface area contributed by atoms with Crippen LogP contribution in [0, 0.1) is 5.92 Å². The van der Waals surface area contributed by atoms with Gasteiger partial charge >= 0.3 is 6.18 Å². The van der Waals surface area contributed by atoms with Crippen LogP contribution in [0.15, 0.2) is 30.8 Å². The number of alkyl halides is 3. The van der Waals surface area contributed by atoms with E-state index in [9.17, 15) is 13.2 Å². The molecule has 0 bridgehead atoms. The number of rotatable bonds is 2. The average Bonchev–Trinajstić information content (AvgIpc) is 2.98. The third-order valence-corrected chi connectivity index (χ3v) is 2.65. The Labute approximate surface area is 86.4 Å². The topological polar surface area (TPSA) is 0 Å². The van der Waals surface area contributed by atoms with E-state index >= 15 is 0 Å². The Bertz CT molecular complexity index is 386. The van der Waals surface area contributed by atoms with Crippen LogP contribution in [0.3, 0.4) is 0 Å². The summed E-state index contributed by atoms with van der Waals surface area (Å²) in [6.45, 7) is 3.76. The van der Waals surface area contributed by atoms with E-state index in [0.29, 0.717) is 5.57 Å². The molecule has 1 aromatic carbocycles. The predicted molar refractivity (Wildman–Crippen MR) is 53.2 cm³/mol. The first kappa shape index (κ1) is 10.3. The molecule has 1 saturated carbocycles. The summed E-state index contributed by atoms with van der Waals surface area (Å²) in [6.07, 6.45) is -2.36. The van der Waals surface area contributed by atoms with Crippen molar-refractivity contribution in [3.63, 3.8) is 0 Å². The first-order valence-electron chi connectivity index (χ1n) is 4.85. The second-order valence-electron chi connectivity index (χ2n) is 3.84. The van der Waals surface area contributed by atoms with Crippen molar-refractivity contribution in [3.8, 4) is 0 Å². The molecule has 1 fully saturated rings. The van der Waals surface area contributed by atoms with Crippen molar-refractivity contribution in [1.29, 1.82) is 0 Å². The lowest BCUT2D eigenvalue weighted by atomic mass is 9.97. The molecule has 0 heterocycles. The average molecular weight is 212 g/mol. The Morgan fingerprint density at radius 1 is 1.20 bits per heavy atom. The Hall–Kier alpha value is -1.25. The Kier molecular flexibility index (Phi) is 2.33. The fraction of sp³-hybridized carbons (Fsp3) is 0.333. The maximum absolute atomic E-state index is 12.7.